The van der Waals surface area contributed by atoms with Crippen LogP contribution >= 0.6 is 23.2 Å². The van der Waals surface area contributed by atoms with Crippen LogP contribution in [0.25, 0.3) is 0 Å². The average Bonchev–Trinajstić information content (AvgIpc) is 2.76. The van der Waals surface area contributed by atoms with E-state index in [4.69, 9.17) is 27.9 Å². The van der Waals surface area contributed by atoms with Crippen molar-refractivity contribution >= 4 is 28.9 Å². The summed E-state index contributed by atoms with van der Waals surface area (Å²) in [6.07, 6.45) is 1.02. The highest BCUT2D eigenvalue weighted by Crippen LogP contribution is 2.33. The third-order valence-corrected chi connectivity index (χ3v) is 3.65. The fourth-order valence-electron chi connectivity index (χ4n) is 1.97. The molecular weight excluding hydrogens is 264 g/mol. The van der Waals surface area contributed by atoms with Gasteiger partial charge in [-0.15, -0.1) is 0 Å². The van der Waals surface area contributed by atoms with Gasteiger partial charge >= 0.3 is 0 Å². The van der Waals surface area contributed by atoms with Crippen LogP contribution in [0.15, 0.2) is 12.1 Å². The summed E-state index contributed by atoms with van der Waals surface area (Å²) < 4.78 is 18.4. The Balaban J connectivity index is 2.12. The number of anilines is 1. The number of halogens is 3. The van der Waals surface area contributed by atoms with Gasteiger partial charge in [0.15, 0.2) is 0 Å². The van der Waals surface area contributed by atoms with Crippen molar-refractivity contribution in [3.05, 3.63) is 28.0 Å². The van der Waals surface area contributed by atoms with Crippen LogP contribution in [0.1, 0.15) is 13.3 Å². The van der Waals surface area contributed by atoms with Crippen LogP contribution in [0.3, 0.4) is 0 Å². The van der Waals surface area contributed by atoms with Crippen molar-refractivity contribution in [2.45, 2.75) is 19.4 Å². The Bertz CT molecular complexity index is 384. The van der Waals surface area contributed by atoms with Gasteiger partial charge in [-0.3, -0.25) is 0 Å². The zero-order valence-corrected chi connectivity index (χ0v) is 11.0. The zero-order valence-electron chi connectivity index (χ0n) is 9.47. The average molecular weight is 278 g/mol. The molecule has 17 heavy (non-hydrogen) atoms. The maximum absolute atomic E-state index is 13.0. The molecule has 1 N–H and O–H groups in total. The van der Waals surface area contributed by atoms with Gasteiger partial charge in [-0.25, -0.2) is 4.39 Å². The van der Waals surface area contributed by atoms with Gasteiger partial charge in [-0.1, -0.05) is 23.2 Å². The first-order valence-corrected chi connectivity index (χ1v) is 6.32. The number of hydrogen-bond acceptors (Lipinski definition) is 2. The van der Waals surface area contributed by atoms with E-state index >= 15 is 0 Å². The van der Waals surface area contributed by atoms with Gasteiger partial charge in [-0.2, -0.15) is 0 Å². The molecule has 1 aromatic rings. The fourth-order valence-corrected chi connectivity index (χ4v) is 2.54. The maximum atomic E-state index is 13.0. The van der Waals surface area contributed by atoms with Gasteiger partial charge in [0.1, 0.15) is 5.82 Å². The molecule has 0 radical (unpaired) electrons. The third kappa shape index (κ3) is 3.03. The molecule has 2 unspecified atom stereocenters. The predicted molar refractivity (Wildman–Crippen MR) is 68.4 cm³/mol. The minimum Gasteiger partial charge on any atom is -0.381 e. The lowest BCUT2D eigenvalue weighted by Crippen LogP contribution is -2.26. The minimum absolute atomic E-state index is 0.193. The molecular formula is C12H14Cl2FNO. The Kier molecular flexibility index (Phi) is 4.13. The lowest BCUT2D eigenvalue weighted by atomic mass is 10.0. The van der Waals surface area contributed by atoms with Gasteiger partial charge < -0.3 is 10.1 Å². The van der Waals surface area contributed by atoms with Crippen molar-refractivity contribution < 1.29 is 9.13 Å². The fraction of sp³-hybridized carbons (Fsp3) is 0.500. The van der Waals surface area contributed by atoms with Crippen molar-refractivity contribution in [1.82, 2.24) is 0 Å². The van der Waals surface area contributed by atoms with E-state index in [0.717, 1.165) is 19.6 Å². The Morgan fingerprint density at radius 3 is 2.59 bits per heavy atom. The molecule has 0 spiro atoms. The zero-order chi connectivity index (χ0) is 12.4. The second-order valence-electron chi connectivity index (χ2n) is 4.30. The van der Waals surface area contributed by atoms with Crippen LogP contribution in [0.4, 0.5) is 10.1 Å². The van der Waals surface area contributed by atoms with E-state index in [1.165, 1.54) is 12.1 Å². The summed E-state index contributed by atoms with van der Waals surface area (Å²) in [5.74, 6) is 0.00888. The van der Waals surface area contributed by atoms with Gasteiger partial charge in [0.05, 0.1) is 22.3 Å². The molecule has 1 heterocycles. The molecule has 0 amide bonds. The van der Waals surface area contributed by atoms with E-state index in [1.54, 1.807) is 0 Å². The molecule has 2 rings (SSSR count). The molecule has 2 atom stereocenters. The molecule has 5 heteroatoms. The SMILES string of the molecule is CC(Nc1c(Cl)cc(F)cc1Cl)C1CCOC1. The second-order valence-corrected chi connectivity index (χ2v) is 5.12. The van der Waals surface area contributed by atoms with Crippen LogP contribution in [-0.4, -0.2) is 19.3 Å². The Morgan fingerprint density at radius 1 is 1.41 bits per heavy atom. The standard InChI is InChI=1S/C12H14Cl2FNO/c1-7(8-2-3-17-6-8)16-12-10(13)4-9(15)5-11(12)14/h4-5,7-8,16H,2-3,6H2,1H3. The highest BCUT2D eigenvalue weighted by atomic mass is 35.5. The summed E-state index contributed by atoms with van der Waals surface area (Å²) in [6, 6.07) is 2.71. The first-order valence-electron chi connectivity index (χ1n) is 5.56. The van der Waals surface area contributed by atoms with Gasteiger partial charge in [0.2, 0.25) is 0 Å². The molecule has 1 saturated heterocycles. The highest BCUT2D eigenvalue weighted by molar-refractivity contribution is 6.39. The summed E-state index contributed by atoms with van der Waals surface area (Å²) in [5, 5.41) is 3.85. The predicted octanol–water partition coefficient (Wildman–Crippen LogP) is 3.97. The number of ether oxygens (including phenoxy) is 1. The van der Waals surface area contributed by atoms with Crippen molar-refractivity contribution in [3.8, 4) is 0 Å². The van der Waals surface area contributed by atoms with Crippen molar-refractivity contribution in [2.75, 3.05) is 18.5 Å². The Morgan fingerprint density at radius 2 is 2.06 bits per heavy atom. The number of hydrogen-bond donors (Lipinski definition) is 1. The van der Waals surface area contributed by atoms with Crippen LogP contribution in [0.5, 0.6) is 0 Å². The van der Waals surface area contributed by atoms with E-state index < -0.39 is 5.82 Å². The lowest BCUT2D eigenvalue weighted by Gasteiger charge is -2.22. The van der Waals surface area contributed by atoms with E-state index in [2.05, 4.69) is 12.2 Å². The van der Waals surface area contributed by atoms with E-state index in [0.29, 0.717) is 21.7 Å². The monoisotopic (exact) mass is 277 g/mol. The number of rotatable bonds is 3. The summed E-state index contributed by atoms with van der Waals surface area (Å²) in [7, 11) is 0. The molecule has 1 aromatic carbocycles. The summed E-state index contributed by atoms with van der Waals surface area (Å²) in [5.41, 5.74) is 0.592. The van der Waals surface area contributed by atoms with Gasteiger partial charge in [-0.05, 0) is 25.5 Å². The molecule has 94 valence electrons. The first kappa shape index (κ1) is 12.9. The van der Waals surface area contributed by atoms with E-state index in [1.807, 2.05) is 0 Å². The third-order valence-electron chi connectivity index (χ3n) is 3.05. The summed E-state index contributed by atoms with van der Waals surface area (Å²) in [4.78, 5) is 0. The Hall–Kier alpha value is -0.510. The lowest BCUT2D eigenvalue weighted by molar-refractivity contribution is 0.183. The van der Waals surface area contributed by atoms with Crippen molar-refractivity contribution in [2.24, 2.45) is 5.92 Å². The van der Waals surface area contributed by atoms with Gasteiger partial charge in [0.25, 0.3) is 0 Å². The smallest absolute Gasteiger partial charge is 0.126 e. The molecule has 0 bridgehead atoms. The van der Waals surface area contributed by atoms with Crippen LogP contribution < -0.4 is 5.32 Å². The first-order chi connectivity index (χ1) is 8.08. The molecule has 0 saturated carbocycles. The van der Waals surface area contributed by atoms with Gasteiger partial charge in [0, 0.05) is 18.6 Å². The van der Waals surface area contributed by atoms with E-state index in [9.17, 15) is 4.39 Å². The normalized spacial score (nSPS) is 21.5. The number of benzene rings is 1. The molecule has 0 aliphatic carbocycles. The van der Waals surface area contributed by atoms with Crippen LogP contribution in [-0.2, 0) is 4.74 Å². The van der Waals surface area contributed by atoms with Crippen molar-refractivity contribution in [3.63, 3.8) is 0 Å². The summed E-state index contributed by atoms with van der Waals surface area (Å²) >= 11 is 11.9. The quantitative estimate of drug-likeness (QED) is 0.903. The summed E-state index contributed by atoms with van der Waals surface area (Å²) in [6.45, 7) is 3.58. The Labute approximate surface area is 110 Å². The molecule has 1 aliphatic rings. The molecule has 1 aliphatic heterocycles. The van der Waals surface area contributed by atoms with Crippen LogP contribution in [0.2, 0.25) is 10.0 Å². The minimum atomic E-state index is -0.428. The molecule has 2 nitrogen and oxygen atoms in total. The highest BCUT2D eigenvalue weighted by Gasteiger charge is 2.23. The molecule has 0 aromatic heterocycles. The topological polar surface area (TPSA) is 21.3 Å². The van der Waals surface area contributed by atoms with E-state index in [-0.39, 0.29) is 6.04 Å². The maximum Gasteiger partial charge on any atom is 0.126 e. The second kappa shape index (κ2) is 5.42. The largest absolute Gasteiger partial charge is 0.381 e. The van der Waals surface area contributed by atoms with Crippen molar-refractivity contribution in [1.29, 1.82) is 0 Å². The molecule has 1 fully saturated rings. The number of nitrogens with one attached hydrogen (secondary N) is 1. The van der Waals surface area contributed by atoms with Crippen LogP contribution in [0, 0.1) is 11.7 Å².